The Balaban J connectivity index is 1.57. The molecule has 0 bridgehead atoms. The van der Waals surface area contributed by atoms with Gasteiger partial charge in [-0.1, -0.05) is 36.8 Å². The third-order valence-corrected chi connectivity index (χ3v) is 7.81. The van der Waals surface area contributed by atoms with Gasteiger partial charge in [-0.15, -0.1) is 0 Å². The Kier molecular flexibility index (Phi) is 5.90. The van der Waals surface area contributed by atoms with Gasteiger partial charge in [0.05, 0.1) is 4.90 Å². The molecule has 0 radical (unpaired) electrons. The zero-order valence-corrected chi connectivity index (χ0v) is 19.0. The predicted molar refractivity (Wildman–Crippen MR) is 120 cm³/mol. The quantitative estimate of drug-likeness (QED) is 0.638. The summed E-state index contributed by atoms with van der Waals surface area (Å²) < 4.78 is 33.6. The molecule has 31 heavy (non-hydrogen) atoms. The standard InChI is InChI=1S/C24H28N2O4S/c1-16-6-8-19(9-7-16)14-25-24(27)23-18(3)21-13-20(10-11-22(21)30-23)31(28,29)26-12-4-5-17(2)15-26/h6-11,13,17H,4-5,12,14-15H2,1-3H3,(H,25,27)/t17-/m1/s1. The lowest BCUT2D eigenvalue weighted by atomic mass is 10.0. The molecule has 1 N–H and O–H groups in total. The Morgan fingerprint density at radius 3 is 2.61 bits per heavy atom. The first-order chi connectivity index (χ1) is 14.8. The van der Waals surface area contributed by atoms with Gasteiger partial charge in [0, 0.05) is 30.6 Å². The summed E-state index contributed by atoms with van der Waals surface area (Å²) in [5.41, 5.74) is 3.30. The van der Waals surface area contributed by atoms with E-state index < -0.39 is 10.0 Å². The van der Waals surface area contributed by atoms with Crippen molar-refractivity contribution in [3.05, 3.63) is 64.9 Å². The van der Waals surface area contributed by atoms with Gasteiger partial charge in [-0.3, -0.25) is 4.79 Å². The first kappa shape index (κ1) is 21.6. The second-order valence-electron chi connectivity index (χ2n) is 8.49. The van der Waals surface area contributed by atoms with Crippen molar-refractivity contribution in [1.82, 2.24) is 9.62 Å². The van der Waals surface area contributed by atoms with E-state index in [1.54, 1.807) is 29.4 Å². The van der Waals surface area contributed by atoms with Crippen molar-refractivity contribution in [2.24, 2.45) is 5.92 Å². The lowest BCUT2D eigenvalue weighted by molar-refractivity contribution is 0.0924. The Morgan fingerprint density at radius 2 is 1.90 bits per heavy atom. The average molecular weight is 441 g/mol. The molecule has 1 fully saturated rings. The highest BCUT2D eigenvalue weighted by molar-refractivity contribution is 7.89. The van der Waals surface area contributed by atoms with E-state index in [1.807, 2.05) is 31.2 Å². The van der Waals surface area contributed by atoms with Crippen molar-refractivity contribution < 1.29 is 17.6 Å². The molecule has 1 amide bonds. The molecule has 1 aromatic heterocycles. The van der Waals surface area contributed by atoms with Crippen LogP contribution in [0.2, 0.25) is 0 Å². The summed E-state index contributed by atoms with van der Waals surface area (Å²) in [6, 6.07) is 12.8. The maximum atomic E-state index is 13.1. The largest absolute Gasteiger partial charge is 0.451 e. The summed E-state index contributed by atoms with van der Waals surface area (Å²) in [4.78, 5) is 12.9. The van der Waals surface area contributed by atoms with Crippen LogP contribution >= 0.6 is 0 Å². The highest BCUT2D eigenvalue weighted by Crippen LogP contribution is 2.30. The highest BCUT2D eigenvalue weighted by Gasteiger charge is 2.29. The van der Waals surface area contributed by atoms with Crippen molar-refractivity contribution in [3.63, 3.8) is 0 Å². The Morgan fingerprint density at radius 1 is 1.16 bits per heavy atom. The summed E-state index contributed by atoms with van der Waals surface area (Å²) in [7, 11) is -3.57. The Bertz CT molecular complexity index is 1210. The van der Waals surface area contributed by atoms with Crippen LogP contribution in [0.3, 0.4) is 0 Å². The summed E-state index contributed by atoms with van der Waals surface area (Å²) in [6.07, 6.45) is 1.92. The lowest BCUT2D eigenvalue weighted by Gasteiger charge is -2.30. The van der Waals surface area contributed by atoms with Crippen LogP contribution in [-0.2, 0) is 16.6 Å². The van der Waals surface area contributed by atoms with Crippen LogP contribution in [0.5, 0.6) is 0 Å². The van der Waals surface area contributed by atoms with E-state index in [0.29, 0.717) is 42.1 Å². The fraction of sp³-hybridized carbons (Fsp3) is 0.375. The van der Waals surface area contributed by atoms with Crippen LogP contribution < -0.4 is 5.32 Å². The fourth-order valence-electron chi connectivity index (χ4n) is 4.06. The van der Waals surface area contributed by atoms with Crippen LogP contribution in [0.25, 0.3) is 11.0 Å². The first-order valence-corrected chi connectivity index (χ1v) is 12.1. The van der Waals surface area contributed by atoms with E-state index in [4.69, 9.17) is 4.42 Å². The number of nitrogens with zero attached hydrogens (tertiary/aromatic N) is 1. The summed E-state index contributed by atoms with van der Waals surface area (Å²) in [5, 5.41) is 3.52. The maximum Gasteiger partial charge on any atom is 0.287 e. The molecule has 2 heterocycles. The number of amides is 1. The zero-order chi connectivity index (χ0) is 22.2. The number of nitrogens with one attached hydrogen (secondary N) is 1. The topological polar surface area (TPSA) is 79.6 Å². The number of benzene rings is 2. The van der Waals surface area contributed by atoms with E-state index in [0.717, 1.165) is 24.0 Å². The number of carbonyl (C=O) groups excluding carboxylic acids is 1. The first-order valence-electron chi connectivity index (χ1n) is 10.6. The van der Waals surface area contributed by atoms with Crippen LogP contribution in [-0.4, -0.2) is 31.7 Å². The van der Waals surface area contributed by atoms with Gasteiger partial charge < -0.3 is 9.73 Å². The number of sulfonamides is 1. The third-order valence-electron chi connectivity index (χ3n) is 5.95. The second kappa shape index (κ2) is 8.48. The molecular weight excluding hydrogens is 412 g/mol. The van der Waals surface area contributed by atoms with Gasteiger partial charge in [0.2, 0.25) is 10.0 Å². The number of hydrogen-bond donors (Lipinski definition) is 1. The summed E-state index contributed by atoms with van der Waals surface area (Å²) >= 11 is 0. The minimum Gasteiger partial charge on any atom is -0.451 e. The molecule has 0 unspecified atom stereocenters. The monoisotopic (exact) mass is 440 g/mol. The van der Waals surface area contributed by atoms with Crippen LogP contribution in [0.15, 0.2) is 51.8 Å². The zero-order valence-electron chi connectivity index (χ0n) is 18.1. The minimum atomic E-state index is -3.57. The number of carbonyl (C=O) groups is 1. The number of aryl methyl sites for hydroxylation is 2. The molecule has 0 aliphatic carbocycles. The van der Waals surface area contributed by atoms with Crippen molar-refractivity contribution in [3.8, 4) is 0 Å². The normalized spacial score (nSPS) is 17.7. The molecule has 3 aromatic rings. The summed E-state index contributed by atoms with van der Waals surface area (Å²) in [5.74, 6) is 0.249. The van der Waals surface area contributed by atoms with Crippen LogP contribution in [0.4, 0.5) is 0 Å². The van der Waals surface area contributed by atoms with Gasteiger partial charge in [0.15, 0.2) is 5.76 Å². The van der Waals surface area contributed by atoms with E-state index in [9.17, 15) is 13.2 Å². The number of hydrogen-bond acceptors (Lipinski definition) is 4. The summed E-state index contributed by atoms with van der Waals surface area (Å²) in [6.45, 7) is 7.35. The predicted octanol–water partition coefficient (Wildman–Crippen LogP) is 4.40. The molecule has 164 valence electrons. The molecule has 0 saturated carbocycles. The fourth-order valence-corrected chi connectivity index (χ4v) is 5.68. The second-order valence-corrected chi connectivity index (χ2v) is 10.4. The molecule has 1 aliphatic rings. The van der Waals surface area contributed by atoms with E-state index in [2.05, 4.69) is 12.2 Å². The Hall–Kier alpha value is -2.64. The van der Waals surface area contributed by atoms with Crippen molar-refractivity contribution in [2.75, 3.05) is 13.1 Å². The third kappa shape index (κ3) is 4.38. The van der Waals surface area contributed by atoms with Gasteiger partial charge >= 0.3 is 0 Å². The smallest absolute Gasteiger partial charge is 0.287 e. The molecular formula is C24H28N2O4S. The average Bonchev–Trinajstić information content (AvgIpc) is 3.09. The minimum absolute atomic E-state index is 0.211. The molecule has 4 rings (SSSR count). The van der Waals surface area contributed by atoms with Crippen LogP contribution in [0, 0.1) is 19.8 Å². The number of furan rings is 1. The van der Waals surface area contributed by atoms with Gasteiger partial charge in [-0.05, 0) is 56.4 Å². The maximum absolute atomic E-state index is 13.1. The molecule has 6 nitrogen and oxygen atoms in total. The highest BCUT2D eigenvalue weighted by atomic mass is 32.2. The van der Waals surface area contributed by atoms with E-state index >= 15 is 0 Å². The van der Waals surface area contributed by atoms with Gasteiger partial charge in [-0.25, -0.2) is 8.42 Å². The number of rotatable bonds is 5. The van der Waals surface area contributed by atoms with Crippen molar-refractivity contribution in [2.45, 2.75) is 45.1 Å². The van der Waals surface area contributed by atoms with Crippen LogP contribution in [0.1, 0.15) is 47.0 Å². The van der Waals surface area contributed by atoms with Crippen molar-refractivity contribution >= 4 is 26.9 Å². The molecule has 7 heteroatoms. The van der Waals surface area contributed by atoms with Gasteiger partial charge in [0.25, 0.3) is 5.91 Å². The van der Waals surface area contributed by atoms with E-state index in [-0.39, 0.29) is 16.6 Å². The van der Waals surface area contributed by atoms with E-state index in [1.165, 1.54) is 0 Å². The van der Waals surface area contributed by atoms with Crippen molar-refractivity contribution in [1.29, 1.82) is 0 Å². The number of piperidine rings is 1. The Labute approximate surface area is 183 Å². The van der Waals surface area contributed by atoms with Gasteiger partial charge in [-0.2, -0.15) is 4.31 Å². The molecule has 0 spiro atoms. The SMILES string of the molecule is Cc1ccc(CNC(=O)c2oc3ccc(S(=O)(=O)N4CCC[C@@H](C)C4)cc3c2C)cc1. The number of fused-ring (bicyclic) bond motifs is 1. The molecule has 1 atom stereocenters. The molecule has 1 aliphatic heterocycles. The molecule has 2 aromatic carbocycles. The lowest BCUT2D eigenvalue weighted by Crippen LogP contribution is -2.39. The molecule has 1 saturated heterocycles. The van der Waals surface area contributed by atoms with Gasteiger partial charge in [0.1, 0.15) is 5.58 Å².